The summed E-state index contributed by atoms with van der Waals surface area (Å²) in [7, 11) is 0. The summed E-state index contributed by atoms with van der Waals surface area (Å²) >= 11 is 0. The molecule has 1 aliphatic heterocycles. The second-order valence-electron chi connectivity index (χ2n) is 16.2. The third kappa shape index (κ3) is 15.3. The SMILES string of the molecule is CCCCCC(C)(CCC)C1CC(=O)N(CCCCCC(=O)NCC(=O)NCC(=O)N[C@@H](Cc2ccccc2)C(=O)NCC(=O)NCOCC2(C(C)=O)CCC2)C1=O. The van der Waals surface area contributed by atoms with Crippen molar-refractivity contribution in [1.82, 2.24) is 31.5 Å². The first-order valence-corrected chi connectivity index (χ1v) is 21.1. The lowest BCUT2D eigenvalue weighted by atomic mass is 9.67. The number of hydrogen-bond acceptors (Lipinski definition) is 9. The lowest BCUT2D eigenvalue weighted by molar-refractivity contribution is -0.141. The van der Waals surface area contributed by atoms with Crippen molar-refractivity contribution in [3.05, 3.63) is 35.9 Å². The molecule has 2 unspecified atom stereocenters. The molecular formula is C43H66N6O9. The first kappa shape index (κ1) is 47.7. The van der Waals surface area contributed by atoms with E-state index in [1.165, 1.54) is 4.90 Å². The van der Waals surface area contributed by atoms with Crippen LogP contribution in [0.3, 0.4) is 0 Å². The number of nitrogens with zero attached hydrogens (tertiary/aromatic N) is 1. The van der Waals surface area contributed by atoms with Gasteiger partial charge in [-0.15, -0.1) is 0 Å². The quantitative estimate of drug-likeness (QED) is 0.0478. The zero-order valence-electron chi connectivity index (χ0n) is 35.0. The van der Waals surface area contributed by atoms with Crippen molar-refractivity contribution < 1.29 is 43.1 Å². The topological polar surface area (TPSA) is 209 Å². The first-order chi connectivity index (χ1) is 27.7. The molecule has 1 saturated carbocycles. The summed E-state index contributed by atoms with van der Waals surface area (Å²) in [5.74, 6) is -3.10. The molecule has 2 aliphatic rings. The van der Waals surface area contributed by atoms with Crippen molar-refractivity contribution in [2.45, 2.75) is 130 Å². The molecule has 3 atom stereocenters. The summed E-state index contributed by atoms with van der Waals surface area (Å²) in [5.41, 5.74) is 0.100. The van der Waals surface area contributed by atoms with E-state index in [1.807, 2.05) is 6.07 Å². The van der Waals surface area contributed by atoms with Gasteiger partial charge in [0.15, 0.2) is 0 Å². The van der Waals surface area contributed by atoms with E-state index in [1.54, 1.807) is 31.2 Å². The van der Waals surface area contributed by atoms with Gasteiger partial charge in [-0.2, -0.15) is 0 Å². The van der Waals surface area contributed by atoms with Gasteiger partial charge < -0.3 is 31.3 Å². The van der Waals surface area contributed by atoms with Gasteiger partial charge in [0.2, 0.25) is 41.4 Å². The van der Waals surface area contributed by atoms with Crippen molar-refractivity contribution in [3.63, 3.8) is 0 Å². The summed E-state index contributed by atoms with van der Waals surface area (Å²) in [6, 6.07) is 7.93. The van der Waals surface area contributed by atoms with Crippen molar-refractivity contribution in [2.75, 3.05) is 39.5 Å². The lowest BCUT2D eigenvalue weighted by Crippen LogP contribution is -2.52. The molecule has 15 heteroatoms. The molecule has 3 rings (SSSR count). The van der Waals surface area contributed by atoms with Gasteiger partial charge in [0.05, 0.1) is 37.6 Å². The van der Waals surface area contributed by atoms with Gasteiger partial charge in [0.25, 0.3) is 0 Å². The van der Waals surface area contributed by atoms with Crippen LogP contribution in [0.4, 0.5) is 0 Å². The second-order valence-corrected chi connectivity index (χ2v) is 16.2. The van der Waals surface area contributed by atoms with Crippen LogP contribution in [0.2, 0.25) is 0 Å². The average molecular weight is 811 g/mol. The van der Waals surface area contributed by atoms with Gasteiger partial charge >= 0.3 is 0 Å². The highest BCUT2D eigenvalue weighted by Crippen LogP contribution is 2.44. The molecule has 7 amide bonds. The Balaban J connectivity index is 1.34. The number of imide groups is 1. The molecule has 1 aromatic rings. The zero-order valence-corrected chi connectivity index (χ0v) is 35.0. The van der Waals surface area contributed by atoms with E-state index in [9.17, 15) is 38.4 Å². The highest BCUT2D eigenvalue weighted by molar-refractivity contribution is 6.04. The van der Waals surface area contributed by atoms with Gasteiger partial charge in [-0.25, -0.2) is 0 Å². The van der Waals surface area contributed by atoms with Crippen LogP contribution in [0.1, 0.15) is 123 Å². The van der Waals surface area contributed by atoms with Gasteiger partial charge in [-0.05, 0) is 56.4 Å². The van der Waals surface area contributed by atoms with Crippen molar-refractivity contribution in [3.8, 4) is 0 Å². The van der Waals surface area contributed by atoms with Crippen LogP contribution in [0.25, 0.3) is 0 Å². The number of amides is 7. The highest BCUT2D eigenvalue weighted by atomic mass is 16.5. The van der Waals surface area contributed by atoms with E-state index in [-0.39, 0.29) is 80.5 Å². The van der Waals surface area contributed by atoms with E-state index in [2.05, 4.69) is 47.4 Å². The number of carbonyl (C=O) groups is 8. The summed E-state index contributed by atoms with van der Waals surface area (Å²) < 4.78 is 5.51. The van der Waals surface area contributed by atoms with Gasteiger partial charge in [0.1, 0.15) is 18.6 Å². The van der Waals surface area contributed by atoms with Crippen LogP contribution in [-0.4, -0.2) is 97.6 Å². The normalized spacial score (nSPS) is 17.4. The lowest BCUT2D eigenvalue weighted by Gasteiger charge is -2.39. The third-order valence-electron chi connectivity index (χ3n) is 11.6. The van der Waals surface area contributed by atoms with Crippen LogP contribution in [0.15, 0.2) is 30.3 Å². The Morgan fingerprint density at radius 2 is 1.48 bits per heavy atom. The van der Waals surface area contributed by atoms with E-state index in [4.69, 9.17) is 4.74 Å². The first-order valence-electron chi connectivity index (χ1n) is 21.1. The summed E-state index contributed by atoms with van der Waals surface area (Å²) in [4.78, 5) is 102. The predicted molar refractivity (Wildman–Crippen MR) is 217 cm³/mol. The minimum Gasteiger partial charge on any atom is -0.360 e. The number of unbranched alkanes of at least 4 members (excludes halogenated alkanes) is 4. The Morgan fingerprint density at radius 3 is 2.14 bits per heavy atom. The fraction of sp³-hybridized carbons (Fsp3) is 0.674. The fourth-order valence-electron chi connectivity index (χ4n) is 7.76. The Morgan fingerprint density at radius 1 is 0.810 bits per heavy atom. The Bertz CT molecular complexity index is 1570. The molecule has 1 saturated heterocycles. The van der Waals surface area contributed by atoms with Crippen LogP contribution >= 0.6 is 0 Å². The molecule has 5 N–H and O–H groups in total. The molecule has 0 aromatic heterocycles. The van der Waals surface area contributed by atoms with E-state index < -0.39 is 41.6 Å². The molecule has 15 nitrogen and oxygen atoms in total. The molecule has 322 valence electrons. The number of ether oxygens (including phenoxy) is 1. The van der Waals surface area contributed by atoms with Gasteiger partial charge in [0, 0.05) is 25.8 Å². The van der Waals surface area contributed by atoms with Gasteiger partial charge in [-0.1, -0.05) is 89.6 Å². The number of rotatable bonds is 28. The highest BCUT2D eigenvalue weighted by Gasteiger charge is 2.47. The molecule has 0 radical (unpaired) electrons. The Labute approximate surface area is 343 Å². The number of benzene rings is 1. The Kier molecular flexibility index (Phi) is 20.0. The van der Waals surface area contributed by atoms with E-state index in [0.29, 0.717) is 25.8 Å². The van der Waals surface area contributed by atoms with E-state index in [0.717, 1.165) is 63.4 Å². The van der Waals surface area contributed by atoms with Crippen LogP contribution in [-0.2, 0) is 49.5 Å². The standard InChI is InChI=1S/C43H66N6O9/c1-5-7-13-20-42(4,19-6-2)33-25-39(55)49(41(33)57)23-14-9-12-18-35(51)44-26-36(52)45-28-38(54)48-34(24-32-16-10-8-11-17-32)40(56)46-27-37(53)47-30-58-29-43(31(3)50)21-15-22-43/h8,10-11,16-17,33-34H,5-7,9,12-15,18-30H2,1-4H3,(H,44,51)(H,45,52)(H,46,56)(H,47,53)(H,48,54)/t33?,34-,42?/m0/s1. The second kappa shape index (κ2) is 24.3. The number of nitrogens with one attached hydrogen (secondary N) is 5. The summed E-state index contributed by atoms with van der Waals surface area (Å²) in [6.07, 6.45) is 10.8. The monoisotopic (exact) mass is 810 g/mol. The smallest absolute Gasteiger partial charge is 0.243 e. The average Bonchev–Trinajstić information content (AvgIpc) is 3.47. The maximum atomic E-state index is 13.3. The van der Waals surface area contributed by atoms with Crippen molar-refractivity contribution in [1.29, 1.82) is 0 Å². The minimum absolute atomic E-state index is 0.0684. The molecule has 1 aromatic carbocycles. The van der Waals surface area contributed by atoms with Crippen LogP contribution in [0.5, 0.6) is 0 Å². The van der Waals surface area contributed by atoms with E-state index >= 15 is 0 Å². The van der Waals surface area contributed by atoms with Gasteiger partial charge in [-0.3, -0.25) is 43.3 Å². The number of carbonyl (C=O) groups excluding carboxylic acids is 8. The summed E-state index contributed by atoms with van der Waals surface area (Å²) in [6.45, 7) is 7.24. The fourth-order valence-corrected chi connectivity index (χ4v) is 7.76. The predicted octanol–water partition coefficient (Wildman–Crippen LogP) is 3.23. The third-order valence-corrected chi connectivity index (χ3v) is 11.6. The summed E-state index contributed by atoms with van der Waals surface area (Å²) in [5, 5.41) is 12.6. The van der Waals surface area contributed by atoms with Crippen LogP contribution in [0, 0.1) is 16.7 Å². The van der Waals surface area contributed by atoms with Crippen molar-refractivity contribution in [2.24, 2.45) is 16.7 Å². The number of Topliss-reactive ketones (excluding diaryl/α,β-unsaturated/α-hetero) is 1. The molecule has 1 heterocycles. The maximum absolute atomic E-state index is 13.3. The molecule has 1 aliphatic carbocycles. The Hall–Kier alpha value is -4.66. The van der Waals surface area contributed by atoms with Crippen molar-refractivity contribution >= 4 is 47.1 Å². The number of ketones is 1. The maximum Gasteiger partial charge on any atom is 0.243 e. The minimum atomic E-state index is -1.05. The number of hydrogen-bond donors (Lipinski definition) is 5. The molecule has 2 fully saturated rings. The zero-order chi connectivity index (χ0) is 42.6. The van der Waals surface area contributed by atoms with Crippen LogP contribution < -0.4 is 26.6 Å². The largest absolute Gasteiger partial charge is 0.360 e. The number of likely N-dealkylation sites (tertiary alicyclic amines) is 1. The molecule has 58 heavy (non-hydrogen) atoms. The molecular weight excluding hydrogens is 745 g/mol. The molecule has 0 bridgehead atoms. The molecule has 0 spiro atoms.